The van der Waals surface area contributed by atoms with Crippen molar-refractivity contribution in [2.45, 2.75) is 13.8 Å². The van der Waals surface area contributed by atoms with Gasteiger partial charge in [-0.3, -0.25) is 0 Å². The molecule has 0 saturated heterocycles. The summed E-state index contributed by atoms with van der Waals surface area (Å²) < 4.78 is 1.95. The summed E-state index contributed by atoms with van der Waals surface area (Å²) in [7, 11) is 1.93. The summed E-state index contributed by atoms with van der Waals surface area (Å²) in [5, 5.41) is 5.63. The Morgan fingerprint density at radius 1 is 1.73 bits per heavy atom. The standard InChI is InChI=1S/C7H10N2OS/c1-5-4-11-7(9(5)3)8-6(2)10/h4H,1-3H3/p+1. The van der Waals surface area contributed by atoms with E-state index < -0.39 is 0 Å². The fourth-order valence-corrected chi connectivity index (χ4v) is 1.67. The van der Waals surface area contributed by atoms with Gasteiger partial charge in [0.1, 0.15) is 5.69 Å². The van der Waals surface area contributed by atoms with Gasteiger partial charge in [0.05, 0.1) is 7.05 Å². The van der Waals surface area contributed by atoms with E-state index in [-0.39, 0.29) is 5.91 Å². The van der Waals surface area contributed by atoms with Gasteiger partial charge in [-0.15, -0.1) is 0 Å². The maximum atomic E-state index is 10.7. The molecule has 1 amide bonds. The van der Waals surface area contributed by atoms with Crippen molar-refractivity contribution >= 4 is 22.4 Å². The van der Waals surface area contributed by atoms with Gasteiger partial charge in [-0.25, -0.2) is 14.7 Å². The second-order valence-corrected chi connectivity index (χ2v) is 3.28. The van der Waals surface area contributed by atoms with Crippen molar-refractivity contribution in [3.8, 4) is 0 Å². The molecule has 0 aliphatic rings. The van der Waals surface area contributed by atoms with E-state index in [9.17, 15) is 4.79 Å². The third-order valence-corrected chi connectivity index (χ3v) is 2.52. The molecule has 0 saturated carbocycles. The Balaban J connectivity index is 2.87. The van der Waals surface area contributed by atoms with Crippen LogP contribution in [-0.2, 0) is 11.8 Å². The van der Waals surface area contributed by atoms with Crippen LogP contribution in [0.25, 0.3) is 0 Å². The number of thiazole rings is 1. The molecule has 60 valence electrons. The second-order valence-electron chi connectivity index (χ2n) is 2.42. The molecule has 0 spiro atoms. The van der Waals surface area contributed by atoms with E-state index in [0.29, 0.717) is 0 Å². The van der Waals surface area contributed by atoms with E-state index in [2.05, 4.69) is 5.32 Å². The van der Waals surface area contributed by atoms with E-state index >= 15 is 0 Å². The first-order valence-electron chi connectivity index (χ1n) is 3.33. The predicted molar refractivity (Wildman–Crippen MR) is 44.5 cm³/mol. The number of rotatable bonds is 1. The number of nitrogens with zero attached hydrogens (tertiary/aromatic N) is 1. The van der Waals surface area contributed by atoms with Gasteiger partial charge in [-0.1, -0.05) is 11.3 Å². The third kappa shape index (κ3) is 1.77. The van der Waals surface area contributed by atoms with Crippen LogP contribution in [0.15, 0.2) is 5.38 Å². The molecule has 0 unspecified atom stereocenters. The van der Waals surface area contributed by atoms with Gasteiger partial charge in [0.25, 0.3) is 0 Å². The van der Waals surface area contributed by atoms with Crippen molar-refractivity contribution < 1.29 is 9.36 Å². The summed E-state index contributed by atoms with van der Waals surface area (Å²) in [6, 6.07) is 0. The van der Waals surface area contributed by atoms with E-state index in [0.717, 1.165) is 10.8 Å². The van der Waals surface area contributed by atoms with Gasteiger partial charge >= 0.3 is 11.0 Å². The highest BCUT2D eigenvalue weighted by Crippen LogP contribution is 2.10. The average Bonchev–Trinajstić information content (AvgIpc) is 2.18. The smallest absolute Gasteiger partial charge is 0.247 e. The molecule has 0 atom stereocenters. The van der Waals surface area contributed by atoms with Crippen LogP contribution >= 0.6 is 11.3 Å². The summed E-state index contributed by atoms with van der Waals surface area (Å²) in [4.78, 5) is 10.7. The molecular formula is C7H11N2OS+. The Labute approximate surface area is 69.7 Å². The molecule has 1 aromatic rings. The van der Waals surface area contributed by atoms with Gasteiger partial charge in [-0.2, -0.15) is 0 Å². The fourth-order valence-electron chi connectivity index (χ4n) is 0.723. The highest BCUT2D eigenvalue weighted by atomic mass is 32.1. The van der Waals surface area contributed by atoms with Gasteiger partial charge in [0.15, 0.2) is 0 Å². The fraction of sp³-hybridized carbons (Fsp3) is 0.429. The summed E-state index contributed by atoms with van der Waals surface area (Å²) in [6.07, 6.45) is 0. The van der Waals surface area contributed by atoms with Crippen LogP contribution in [0.1, 0.15) is 12.6 Å². The minimum absolute atomic E-state index is 0.0255. The van der Waals surface area contributed by atoms with Crippen molar-refractivity contribution in [2.24, 2.45) is 7.05 Å². The lowest BCUT2D eigenvalue weighted by Crippen LogP contribution is -2.33. The first-order chi connectivity index (χ1) is 5.11. The number of hydrogen-bond donors (Lipinski definition) is 1. The van der Waals surface area contributed by atoms with Gasteiger partial charge in [0, 0.05) is 12.3 Å². The Bertz CT molecular complexity index is 280. The van der Waals surface area contributed by atoms with Crippen molar-refractivity contribution in [1.82, 2.24) is 0 Å². The summed E-state index contributed by atoms with van der Waals surface area (Å²) in [5.41, 5.74) is 1.15. The lowest BCUT2D eigenvalue weighted by molar-refractivity contribution is -0.658. The number of amides is 1. The maximum Gasteiger partial charge on any atom is 0.341 e. The molecule has 0 aromatic carbocycles. The quantitative estimate of drug-likeness (QED) is 0.624. The zero-order valence-electron chi connectivity index (χ0n) is 6.84. The highest BCUT2D eigenvalue weighted by molar-refractivity contribution is 7.13. The molecule has 0 fully saturated rings. The monoisotopic (exact) mass is 171 g/mol. The number of aryl methyl sites for hydroxylation is 1. The van der Waals surface area contributed by atoms with E-state index in [1.165, 1.54) is 18.3 Å². The Kier molecular flexibility index (Phi) is 2.24. The topological polar surface area (TPSA) is 33.0 Å². The molecule has 0 bridgehead atoms. The van der Waals surface area contributed by atoms with Crippen LogP contribution in [0.5, 0.6) is 0 Å². The number of aromatic nitrogens is 1. The summed E-state index contributed by atoms with van der Waals surface area (Å²) >= 11 is 1.54. The zero-order chi connectivity index (χ0) is 8.43. The van der Waals surface area contributed by atoms with Crippen LogP contribution < -0.4 is 9.88 Å². The number of carbonyl (C=O) groups is 1. The van der Waals surface area contributed by atoms with Gasteiger partial charge in [-0.05, 0) is 6.92 Å². The molecule has 0 aliphatic heterocycles. The van der Waals surface area contributed by atoms with Crippen molar-refractivity contribution in [3.05, 3.63) is 11.1 Å². The van der Waals surface area contributed by atoms with Crippen LogP contribution in [0.4, 0.5) is 5.13 Å². The molecule has 1 N–H and O–H groups in total. The molecule has 1 rings (SSSR count). The first-order valence-corrected chi connectivity index (χ1v) is 4.21. The Morgan fingerprint density at radius 3 is 2.73 bits per heavy atom. The lowest BCUT2D eigenvalue weighted by atomic mass is 10.5. The highest BCUT2D eigenvalue weighted by Gasteiger charge is 2.11. The molecule has 11 heavy (non-hydrogen) atoms. The molecule has 4 heteroatoms. The second kappa shape index (κ2) is 3.00. The minimum atomic E-state index is -0.0255. The molecule has 0 aliphatic carbocycles. The normalized spacial score (nSPS) is 9.73. The van der Waals surface area contributed by atoms with Crippen molar-refractivity contribution in [2.75, 3.05) is 5.32 Å². The zero-order valence-corrected chi connectivity index (χ0v) is 7.66. The minimum Gasteiger partial charge on any atom is -0.247 e. The van der Waals surface area contributed by atoms with Crippen molar-refractivity contribution in [1.29, 1.82) is 0 Å². The van der Waals surface area contributed by atoms with E-state index in [4.69, 9.17) is 0 Å². The predicted octanol–water partition coefficient (Wildman–Crippen LogP) is 0.839. The number of nitrogens with one attached hydrogen (secondary N) is 1. The molecule has 1 heterocycles. The summed E-state index contributed by atoms with van der Waals surface area (Å²) in [5.74, 6) is -0.0255. The number of anilines is 1. The molecule has 1 aromatic heterocycles. The van der Waals surface area contributed by atoms with E-state index in [1.807, 2.05) is 23.9 Å². The lowest BCUT2D eigenvalue weighted by Gasteiger charge is -1.92. The summed E-state index contributed by atoms with van der Waals surface area (Å²) in [6.45, 7) is 3.51. The van der Waals surface area contributed by atoms with Crippen LogP contribution in [-0.4, -0.2) is 5.91 Å². The first kappa shape index (κ1) is 8.20. The Morgan fingerprint density at radius 2 is 2.36 bits per heavy atom. The van der Waals surface area contributed by atoms with Gasteiger partial charge < -0.3 is 0 Å². The maximum absolute atomic E-state index is 10.7. The third-order valence-electron chi connectivity index (χ3n) is 1.46. The SMILES string of the molecule is CC(=O)Nc1scc(C)[n+]1C. The molecular weight excluding hydrogens is 160 g/mol. The number of hydrogen-bond acceptors (Lipinski definition) is 2. The van der Waals surface area contributed by atoms with Crippen LogP contribution in [0.3, 0.4) is 0 Å². The van der Waals surface area contributed by atoms with Crippen LogP contribution in [0.2, 0.25) is 0 Å². The average molecular weight is 171 g/mol. The van der Waals surface area contributed by atoms with E-state index in [1.54, 1.807) is 0 Å². The Hall–Kier alpha value is -0.900. The van der Waals surface area contributed by atoms with Gasteiger partial charge in [0.2, 0.25) is 0 Å². The molecule has 0 radical (unpaired) electrons. The largest absolute Gasteiger partial charge is 0.341 e. The number of carbonyl (C=O) groups excluding carboxylic acids is 1. The van der Waals surface area contributed by atoms with Crippen LogP contribution in [0, 0.1) is 6.92 Å². The molecule has 3 nitrogen and oxygen atoms in total. The van der Waals surface area contributed by atoms with Crippen molar-refractivity contribution in [3.63, 3.8) is 0 Å².